The van der Waals surface area contributed by atoms with Gasteiger partial charge in [0.05, 0.1) is 27.8 Å². The third-order valence-corrected chi connectivity index (χ3v) is 13.1. The fourth-order valence-electron chi connectivity index (χ4n) is 10.8. The van der Waals surface area contributed by atoms with Crippen molar-refractivity contribution in [1.82, 2.24) is 4.57 Å². The van der Waals surface area contributed by atoms with Gasteiger partial charge in [-0.05, 0) is 103 Å². The van der Waals surface area contributed by atoms with Crippen molar-refractivity contribution in [3.05, 3.63) is 241 Å². The molecule has 0 fully saturated rings. The van der Waals surface area contributed by atoms with Gasteiger partial charge in [0.25, 0.3) is 0 Å². The molecule has 0 N–H and O–H groups in total. The highest BCUT2D eigenvalue weighted by Gasteiger charge is 2.52. The maximum atomic E-state index is 2.55. The number of hydrogen-bond acceptors (Lipinski definition) is 1. The van der Waals surface area contributed by atoms with Crippen LogP contribution in [0.4, 0.5) is 17.1 Å². The van der Waals surface area contributed by atoms with Crippen LogP contribution in [0.25, 0.3) is 71.3 Å². The summed E-state index contributed by atoms with van der Waals surface area (Å²) in [5, 5.41) is 7.58. The first kappa shape index (κ1) is 32.4. The van der Waals surface area contributed by atoms with E-state index in [4.69, 9.17) is 0 Å². The summed E-state index contributed by atoms with van der Waals surface area (Å²) in [6.07, 6.45) is 0. The van der Waals surface area contributed by atoms with E-state index in [1.54, 1.807) is 0 Å². The van der Waals surface area contributed by atoms with E-state index in [-0.39, 0.29) is 0 Å². The first-order valence-electron chi connectivity index (χ1n) is 20.5. The lowest BCUT2D eigenvalue weighted by molar-refractivity contribution is 0.749. The maximum Gasteiger partial charge on any atom is 0.0755 e. The minimum Gasteiger partial charge on any atom is -0.310 e. The van der Waals surface area contributed by atoms with Crippen LogP contribution < -0.4 is 4.90 Å². The molecular formula is C57H36N2. The lowest BCUT2D eigenvalue weighted by Crippen LogP contribution is -2.33. The predicted molar refractivity (Wildman–Crippen MR) is 247 cm³/mol. The standard InChI is InChI=1S/C57H36N2/c1-3-16-37(17-4-1)38-30-33-41(34-31-38)58(40-19-5-2-6-20-40)53-36-50-55(45-24-10-9-22-43(45)53)54-42-21-8-7-18-39(42)32-35-48(54)57(50)47-26-12-14-29-52(47)59-51-28-13-11-23-44(51)46-25-15-27-49(57)56(46)59/h1-36H. The number of anilines is 3. The van der Waals surface area contributed by atoms with E-state index < -0.39 is 5.41 Å². The molecule has 0 amide bonds. The lowest BCUT2D eigenvalue weighted by atomic mass is 9.65. The van der Waals surface area contributed by atoms with E-state index in [1.807, 2.05) is 0 Å². The van der Waals surface area contributed by atoms with Gasteiger partial charge in [-0.25, -0.2) is 0 Å². The Kier molecular flexibility index (Phi) is 6.68. The Bertz CT molecular complexity index is 3490. The number of aromatic nitrogens is 1. The second-order valence-electron chi connectivity index (χ2n) is 16.0. The SMILES string of the molecule is c1ccc(-c2ccc(N(c3ccccc3)c3cc4c(c5ccccc35)-c3c(ccc5ccccc35)C43c4ccccc4-n4c5ccccc5c5cccc3c54)cc2)cc1. The summed E-state index contributed by atoms with van der Waals surface area (Å²) in [5.74, 6) is 0. The van der Waals surface area contributed by atoms with E-state index >= 15 is 0 Å². The molecule has 11 aromatic rings. The highest BCUT2D eigenvalue weighted by atomic mass is 15.1. The van der Waals surface area contributed by atoms with Gasteiger partial charge in [0, 0.05) is 27.5 Å². The summed E-state index contributed by atoms with van der Waals surface area (Å²) >= 11 is 0. The summed E-state index contributed by atoms with van der Waals surface area (Å²) in [5.41, 5.74) is 16.9. The molecular weight excluding hydrogens is 713 g/mol. The molecule has 2 heteroatoms. The minimum absolute atomic E-state index is 0.604. The number of rotatable bonds is 4. The molecule has 1 unspecified atom stereocenters. The zero-order valence-corrected chi connectivity index (χ0v) is 32.2. The van der Waals surface area contributed by atoms with Gasteiger partial charge in [0.1, 0.15) is 0 Å². The molecule has 1 aliphatic carbocycles. The van der Waals surface area contributed by atoms with Crippen LogP contribution in [0.15, 0.2) is 218 Å². The van der Waals surface area contributed by atoms with Gasteiger partial charge in [-0.3, -0.25) is 0 Å². The Morgan fingerprint density at radius 1 is 0.356 bits per heavy atom. The van der Waals surface area contributed by atoms with Crippen molar-refractivity contribution in [2.75, 3.05) is 4.90 Å². The van der Waals surface area contributed by atoms with E-state index in [0.29, 0.717) is 0 Å². The van der Waals surface area contributed by atoms with Gasteiger partial charge in [0.15, 0.2) is 0 Å². The summed E-state index contributed by atoms with van der Waals surface area (Å²) in [6.45, 7) is 0. The summed E-state index contributed by atoms with van der Waals surface area (Å²) < 4.78 is 2.53. The Morgan fingerprint density at radius 2 is 0.949 bits per heavy atom. The van der Waals surface area contributed by atoms with Crippen LogP contribution in [-0.4, -0.2) is 4.57 Å². The lowest BCUT2D eigenvalue weighted by Gasteiger charge is -2.40. The molecule has 1 spiro atoms. The topological polar surface area (TPSA) is 8.17 Å². The van der Waals surface area contributed by atoms with Gasteiger partial charge >= 0.3 is 0 Å². The third-order valence-electron chi connectivity index (χ3n) is 13.1. The summed E-state index contributed by atoms with van der Waals surface area (Å²) in [6, 6.07) is 81.1. The maximum absolute atomic E-state index is 2.55. The first-order valence-corrected chi connectivity index (χ1v) is 20.5. The average molecular weight is 749 g/mol. The molecule has 2 heterocycles. The van der Waals surface area contributed by atoms with Crippen LogP contribution in [0.1, 0.15) is 22.3 Å². The number of hydrogen-bond donors (Lipinski definition) is 0. The molecule has 1 atom stereocenters. The molecule has 2 aliphatic rings. The third kappa shape index (κ3) is 4.30. The normalized spacial score (nSPS) is 14.8. The van der Waals surface area contributed by atoms with E-state index in [0.717, 1.165) is 17.1 Å². The summed E-state index contributed by atoms with van der Waals surface area (Å²) in [4.78, 5) is 2.47. The van der Waals surface area contributed by atoms with Crippen LogP contribution in [0.2, 0.25) is 0 Å². The van der Waals surface area contributed by atoms with Gasteiger partial charge < -0.3 is 9.47 Å². The van der Waals surface area contributed by atoms with E-state index in [1.165, 1.54) is 93.5 Å². The van der Waals surface area contributed by atoms with Crippen LogP contribution >= 0.6 is 0 Å². The molecule has 274 valence electrons. The van der Waals surface area contributed by atoms with Crippen molar-refractivity contribution < 1.29 is 0 Å². The Labute approximate surface area is 342 Å². The fraction of sp³-hybridized carbons (Fsp3) is 0.0175. The molecule has 1 aliphatic heterocycles. The Morgan fingerprint density at radius 3 is 1.78 bits per heavy atom. The molecule has 59 heavy (non-hydrogen) atoms. The molecule has 10 aromatic carbocycles. The first-order chi connectivity index (χ1) is 29.3. The number of fused-ring (bicyclic) bond motifs is 16. The van der Waals surface area contributed by atoms with Gasteiger partial charge in [-0.15, -0.1) is 0 Å². The molecule has 0 radical (unpaired) electrons. The van der Waals surface area contributed by atoms with E-state index in [9.17, 15) is 0 Å². The smallest absolute Gasteiger partial charge is 0.0755 e. The van der Waals surface area contributed by atoms with Crippen molar-refractivity contribution in [2.45, 2.75) is 5.41 Å². The van der Waals surface area contributed by atoms with Gasteiger partial charge in [-0.2, -0.15) is 0 Å². The second kappa shape index (κ2) is 12.2. The Hall–Kier alpha value is -7.68. The predicted octanol–water partition coefficient (Wildman–Crippen LogP) is 14.9. The quantitative estimate of drug-likeness (QED) is 0.174. The second-order valence-corrected chi connectivity index (χ2v) is 16.0. The fourth-order valence-corrected chi connectivity index (χ4v) is 10.8. The molecule has 13 rings (SSSR count). The van der Waals surface area contributed by atoms with E-state index in [2.05, 4.69) is 228 Å². The van der Waals surface area contributed by atoms with Crippen LogP contribution in [-0.2, 0) is 5.41 Å². The van der Waals surface area contributed by atoms with Crippen molar-refractivity contribution in [1.29, 1.82) is 0 Å². The summed E-state index contributed by atoms with van der Waals surface area (Å²) in [7, 11) is 0. The zero-order chi connectivity index (χ0) is 38.7. The monoisotopic (exact) mass is 748 g/mol. The number of nitrogens with zero attached hydrogens (tertiary/aromatic N) is 2. The average Bonchev–Trinajstić information content (AvgIpc) is 3.81. The highest BCUT2D eigenvalue weighted by molar-refractivity contribution is 6.18. The van der Waals surface area contributed by atoms with Gasteiger partial charge in [-0.1, -0.05) is 176 Å². The highest BCUT2D eigenvalue weighted by Crippen LogP contribution is 2.64. The zero-order valence-electron chi connectivity index (χ0n) is 32.2. The van der Waals surface area contributed by atoms with Gasteiger partial charge in [0.2, 0.25) is 0 Å². The number of para-hydroxylation sites is 4. The molecule has 1 aromatic heterocycles. The largest absolute Gasteiger partial charge is 0.310 e. The minimum atomic E-state index is -0.604. The molecule has 0 saturated heterocycles. The number of benzene rings is 10. The van der Waals surface area contributed by atoms with Crippen LogP contribution in [0.5, 0.6) is 0 Å². The van der Waals surface area contributed by atoms with Crippen molar-refractivity contribution in [2.24, 2.45) is 0 Å². The molecule has 0 bridgehead atoms. The molecule has 0 saturated carbocycles. The van der Waals surface area contributed by atoms with Crippen LogP contribution in [0, 0.1) is 0 Å². The van der Waals surface area contributed by atoms with Crippen molar-refractivity contribution in [3.63, 3.8) is 0 Å². The molecule has 2 nitrogen and oxygen atoms in total. The van der Waals surface area contributed by atoms with Crippen molar-refractivity contribution in [3.8, 4) is 27.9 Å². The van der Waals surface area contributed by atoms with Crippen molar-refractivity contribution >= 4 is 60.4 Å². The Balaban J connectivity index is 1.20. The van der Waals surface area contributed by atoms with Crippen LogP contribution in [0.3, 0.4) is 0 Å².